The number of hydrogen-bond donors (Lipinski definition) is 2. The van der Waals surface area contributed by atoms with E-state index in [1.807, 2.05) is 0 Å². The standard InChI is InChI=1S/C7H15NO3S/c1-6(4-8)7(10)12-5-11-3-2-9/h6,9H,2-5,8H2,1H3. The molecular weight excluding hydrogens is 178 g/mol. The first-order valence-corrected chi connectivity index (χ1v) is 4.76. The molecule has 0 spiro atoms. The second-order valence-corrected chi connectivity index (χ2v) is 3.28. The van der Waals surface area contributed by atoms with Gasteiger partial charge in [0.15, 0.2) is 5.12 Å². The van der Waals surface area contributed by atoms with E-state index in [0.717, 1.165) is 11.8 Å². The Morgan fingerprint density at radius 3 is 2.92 bits per heavy atom. The summed E-state index contributed by atoms with van der Waals surface area (Å²) >= 11 is 1.10. The normalized spacial score (nSPS) is 12.9. The number of ether oxygens (including phenoxy) is 1. The van der Waals surface area contributed by atoms with Crippen LogP contribution in [0.15, 0.2) is 0 Å². The SMILES string of the molecule is CC(CN)C(=O)SCOCCO. The molecule has 4 nitrogen and oxygen atoms in total. The van der Waals surface area contributed by atoms with Gasteiger partial charge < -0.3 is 15.6 Å². The lowest BCUT2D eigenvalue weighted by Crippen LogP contribution is -2.18. The molecule has 0 amide bonds. The van der Waals surface area contributed by atoms with Crippen LogP contribution in [0.2, 0.25) is 0 Å². The lowest BCUT2D eigenvalue weighted by molar-refractivity contribution is -0.113. The van der Waals surface area contributed by atoms with Gasteiger partial charge in [-0.15, -0.1) is 0 Å². The molecule has 72 valence electrons. The van der Waals surface area contributed by atoms with Gasteiger partial charge >= 0.3 is 0 Å². The van der Waals surface area contributed by atoms with Crippen molar-refractivity contribution in [3.63, 3.8) is 0 Å². The highest BCUT2D eigenvalue weighted by Gasteiger charge is 2.10. The van der Waals surface area contributed by atoms with Crippen LogP contribution in [0, 0.1) is 5.92 Å². The highest BCUT2D eigenvalue weighted by molar-refractivity contribution is 8.13. The topological polar surface area (TPSA) is 72.6 Å². The Bertz CT molecular complexity index is 132. The molecule has 5 heteroatoms. The van der Waals surface area contributed by atoms with Gasteiger partial charge in [0.2, 0.25) is 0 Å². The van der Waals surface area contributed by atoms with Crippen LogP contribution >= 0.6 is 11.8 Å². The van der Waals surface area contributed by atoms with Gasteiger partial charge in [-0.3, -0.25) is 4.79 Å². The first-order chi connectivity index (χ1) is 5.72. The van der Waals surface area contributed by atoms with E-state index in [-0.39, 0.29) is 24.2 Å². The van der Waals surface area contributed by atoms with E-state index < -0.39 is 0 Å². The van der Waals surface area contributed by atoms with Crippen LogP contribution in [0.1, 0.15) is 6.92 Å². The third-order valence-electron chi connectivity index (χ3n) is 1.28. The molecule has 0 aromatic carbocycles. The molecule has 0 fully saturated rings. The van der Waals surface area contributed by atoms with Gasteiger partial charge in [0, 0.05) is 12.5 Å². The number of rotatable bonds is 6. The van der Waals surface area contributed by atoms with Crippen LogP contribution < -0.4 is 5.73 Å². The van der Waals surface area contributed by atoms with Crippen molar-refractivity contribution in [2.45, 2.75) is 6.92 Å². The van der Waals surface area contributed by atoms with E-state index in [0.29, 0.717) is 12.5 Å². The molecule has 0 aromatic rings. The van der Waals surface area contributed by atoms with Gasteiger partial charge in [-0.05, 0) is 0 Å². The Morgan fingerprint density at radius 1 is 1.75 bits per heavy atom. The van der Waals surface area contributed by atoms with Gasteiger partial charge in [-0.2, -0.15) is 0 Å². The Hall–Kier alpha value is -0.100. The van der Waals surface area contributed by atoms with Crippen molar-refractivity contribution in [1.29, 1.82) is 0 Å². The summed E-state index contributed by atoms with van der Waals surface area (Å²) in [7, 11) is 0. The summed E-state index contributed by atoms with van der Waals surface area (Å²) in [6, 6.07) is 0. The zero-order valence-electron chi connectivity index (χ0n) is 7.16. The maximum Gasteiger partial charge on any atom is 0.195 e. The fourth-order valence-electron chi connectivity index (χ4n) is 0.462. The average Bonchev–Trinajstić information content (AvgIpc) is 2.10. The quantitative estimate of drug-likeness (QED) is 0.452. The Kier molecular flexibility index (Phi) is 7.48. The van der Waals surface area contributed by atoms with E-state index >= 15 is 0 Å². The van der Waals surface area contributed by atoms with E-state index in [9.17, 15) is 4.79 Å². The lowest BCUT2D eigenvalue weighted by Gasteiger charge is -2.06. The molecule has 1 unspecified atom stereocenters. The molecule has 0 aliphatic heterocycles. The molecule has 1 atom stereocenters. The summed E-state index contributed by atoms with van der Waals surface area (Å²) in [5.74, 6) is 0.178. The number of aliphatic hydroxyl groups is 1. The van der Waals surface area contributed by atoms with Gasteiger partial charge in [0.1, 0.15) is 0 Å². The highest BCUT2D eigenvalue weighted by Crippen LogP contribution is 2.09. The number of thioether (sulfide) groups is 1. The second kappa shape index (κ2) is 7.54. The zero-order chi connectivity index (χ0) is 9.40. The monoisotopic (exact) mass is 193 g/mol. The van der Waals surface area contributed by atoms with Crippen molar-refractivity contribution in [3.05, 3.63) is 0 Å². The molecule has 0 saturated heterocycles. The summed E-state index contributed by atoms with van der Waals surface area (Å²) in [6.45, 7) is 2.41. The second-order valence-electron chi connectivity index (χ2n) is 2.35. The smallest absolute Gasteiger partial charge is 0.195 e. The molecular formula is C7H15NO3S. The van der Waals surface area contributed by atoms with Crippen molar-refractivity contribution in [1.82, 2.24) is 0 Å². The van der Waals surface area contributed by atoms with Crippen molar-refractivity contribution >= 4 is 16.9 Å². The van der Waals surface area contributed by atoms with Crippen molar-refractivity contribution < 1.29 is 14.6 Å². The zero-order valence-corrected chi connectivity index (χ0v) is 7.97. The van der Waals surface area contributed by atoms with E-state index in [1.54, 1.807) is 6.92 Å². The van der Waals surface area contributed by atoms with Gasteiger partial charge in [0.25, 0.3) is 0 Å². The minimum Gasteiger partial charge on any atom is -0.394 e. The molecule has 0 aromatic heterocycles. The number of carbonyl (C=O) groups excluding carboxylic acids is 1. The Labute approximate surface area is 76.5 Å². The van der Waals surface area contributed by atoms with E-state index in [1.165, 1.54) is 0 Å². The highest BCUT2D eigenvalue weighted by atomic mass is 32.2. The van der Waals surface area contributed by atoms with Gasteiger partial charge in [-0.1, -0.05) is 18.7 Å². The van der Waals surface area contributed by atoms with Crippen molar-refractivity contribution in [2.24, 2.45) is 11.7 Å². The summed E-state index contributed by atoms with van der Waals surface area (Å²) < 4.78 is 4.90. The summed E-state index contributed by atoms with van der Waals surface area (Å²) in [5, 5.41) is 8.39. The van der Waals surface area contributed by atoms with Crippen LogP contribution in [0.4, 0.5) is 0 Å². The Morgan fingerprint density at radius 2 is 2.42 bits per heavy atom. The molecule has 0 rings (SSSR count). The fraction of sp³-hybridized carbons (Fsp3) is 0.857. The van der Waals surface area contributed by atoms with Crippen molar-refractivity contribution in [3.8, 4) is 0 Å². The van der Waals surface area contributed by atoms with Crippen LogP contribution in [0.3, 0.4) is 0 Å². The number of carbonyl (C=O) groups is 1. The molecule has 12 heavy (non-hydrogen) atoms. The minimum atomic E-state index is -0.118. The summed E-state index contributed by atoms with van der Waals surface area (Å²) in [6.07, 6.45) is 0. The first-order valence-electron chi connectivity index (χ1n) is 3.77. The van der Waals surface area contributed by atoms with E-state index in [4.69, 9.17) is 15.6 Å². The summed E-state index contributed by atoms with van der Waals surface area (Å²) in [4.78, 5) is 11.1. The lowest BCUT2D eigenvalue weighted by atomic mass is 10.2. The van der Waals surface area contributed by atoms with Crippen LogP contribution in [-0.2, 0) is 9.53 Å². The fourth-order valence-corrected chi connectivity index (χ4v) is 1.16. The maximum atomic E-state index is 11.1. The third-order valence-corrected chi connectivity index (χ3v) is 2.25. The predicted octanol–water partition coefficient (Wildman–Crippen LogP) is -0.193. The summed E-state index contributed by atoms with van der Waals surface area (Å²) in [5.41, 5.74) is 5.29. The predicted molar refractivity (Wildman–Crippen MR) is 48.7 cm³/mol. The number of hydrogen-bond acceptors (Lipinski definition) is 5. The van der Waals surface area contributed by atoms with Gasteiger partial charge in [0.05, 0.1) is 19.2 Å². The largest absolute Gasteiger partial charge is 0.394 e. The molecule has 0 aliphatic rings. The molecule has 0 radical (unpaired) electrons. The van der Waals surface area contributed by atoms with Crippen LogP contribution in [0.5, 0.6) is 0 Å². The Balaban J connectivity index is 3.31. The third kappa shape index (κ3) is 5.54. The number of aliphatic hydroxyl groups excluding tert-OH is 1. The number of nitrogens with two attached hydrogens (primary N) is 1. The molecule has 0 aliphatic carbocycles. The molecule has 3 N–H and O–H groups in total. The minimum absolute atomic E-state index is 0.0127. The maximum absolute atomic E-state index is 11.1. The van der Waals surface area contributed by atoms with E-state index in [2.05, 4.69) is 0 Å². The van der Waals surface area contributed by atoms with Gasteiger partial charge in [-0.25, -0.2) is 0 Å². The van der Waals surface area contributed by atoms with Crippen LogP contribution in [0.25, 0.3) is 0 Å². The molecule has 0 bridgehead atoms. The van der Waals surface area contributed by atoms with Crippen LogP contribution in [-0.4, -0.2) is 35.9 Å². The average molecular weight is 193 g/mol. The first kappa shape index (κ1) is 11.9. The van der Waals surface area contributed by atoms with Crippen molar-refractivity contribution in [2.75, 3.05) is 25.7 Å². The molecule has 0 heterocycles. The molecule has 0 saturated carbocycles.